The molecule has 14 heteroatoms. The van der Waals surface area contributed by atoms with Crippen LogP contribution in [0.1, 0.15) is 22.5 Å². The molecule has 1 unspecified atom stereocenters. The molecule has 0 spiro atoms. The van der Waals surface area contributed by atoms with E-state index in [2.05, 4.69) is 64.0 Å². The van der Waals surface area contributed by atoms with Gasteiger partial charge in [-0.1, -0.05) is 48.5 Å². The minimum atomic E-state index is -2.39. The molecule has 4 aromatic carbocycles. The number of hydrogen-bond donors (Lipinski definition) is 1. The standard InChI is InChI=1S/C18H14ClN3O.C18H15N3O2.ClHO2S/c19-9-15-11-23-18(21-15)14-7-5-13(6-8-14)10-22-12-20-16-3-1-2-4-17(16)22;22-10-15-11-23-18(20-15)14-7-5-13(6-8-14)9-21-12-19-16-3-1-2-4-17(16)21;1-4(2)3/h1-8,11-12H,9-10H2;1-8,11-12,22H,9-10H2;(H,2,3)/p-1. The first-order valence-corrected chi connectivity index (χ1v) is 17.6. The summed E-state index contributed by atoms with van der Waals surface area (Å²) in [6.45, 7) is 1.42. The predicted octanol–water partition coefficient (Wildman–Crippen LogP) is 7.73. The number of halogens is 2. The van der Waals surface area contributed by atoms with E-state index in [1.807, 2.05) is 85.5 Å². The Morgan fingerprint density at radius 3 is 1.50 bits per heavy atom. The van der Waals surface area contributed by atoms with Crippen LogP contribution in [0.3, 0.4) is 0 Å². The van der Waals surface area contributed by atoms with Crippen LogP contribution >= 0.6 is 22.3 Å². The molecule has 50 heavy (non-hydrogen) atoms. The van der Waals surface area contributed by atoms with Crippen LogP contribution in [0.2, 0.25) is 0 Å². The Bertz CT molecular complexity index is 2150. The molecule has 0 amide bonds. The molecule has 0 fully saturated rings. The van der Waals surface area contributed by atoms with E-state index in [4.69, 9.17) is 34.3 Å². The van der Waals surface area contributed by atoms with Crippen molar-refractivity contribution < 1.29 is 22.7 Å². The van der Waals surface area contributed by atoms with Crippen LogP contribution in [0.4, 0.5) is 0 Å². The van der Waals surface area contributed by atoms with E-state index >= 15 is 0 Å². The average molecular weight is 729 g/mol. The third-order valence-electron chi connectivity index (χ3n) is 7.56. The number of benzene rings is 4. The van der Waals surface area contributed by atoms with Crippen molar-refractivity contribution in [2.24, 2.45) is 0 Å². The van der Waals surface area contributed by atoms with Gasteiger partial charge in [0, 0.05) is 34.5 Å². The maximum atomic E-state index is 9.04. The van der Waals surface area contributed by atoms with E-state index in [0.29, 0.717) is 23.4 Å². The lowest BCUT2D eigenvalue weighted by atomic mass is 10.1. The quantitative estimate of drug-likeness (QED) is 0.0943. The summed E-state index contributed by atoms with van der Waals surface area (Å²) in [5.74, 6) is 1.48. The zero-order valence-electron chi connectivity index (χ0n) is 26.3. The van der Waals surface area contributed by atoms with E-state index in [1.165, 1.54) is 17.4 Å². The van der Waals surface area contributed by atoms with Crippen LogP contribution in [0, 0.1) is 0 Å². The van der Waals surface area contributed by atoms with Gasteiger partial charge in [0.15, 0.2) is 0 Å². The maximum absolute atomic E-state index is 9.04. The number of rotatable bonds is 8. The first kappa shape index (κ1) is 34.7. The highest BCUT2D eigenvalue weighted by Crippen LogP contribution is 2.22. The number of fused-ring (bicyclic) bond motifs is 2. The summed E-state index contributed by atoms with van der Waals surface area (Å²) < 4.78 is 32.6. The van der Waals surface area contributed by atoms with Crippen LogP contribution in [0.25, 0.3) is 45.0 Å². The normalized spacial score (nSPS) is 11.5. The Labute approximate surface area is 298 Å². The van der Waals surface area contributed by atoms with Gasteiger partial charge >= 0.3 is 0 Å². The summed E-state index contributed by atoms with van der Waals surface area (Å²) in [6.07, 6.45) is 6.80. The molecule has 4 aromatic heterocycles. The highest BCUT2D eigenvalue weighted by atomic mass is 35.7. The third-order valence-corrected chi connectivity index (χ3v) is 7.84. The third kappa shape index (κ3) is 8.72. The van der Waals surface area contributed by atoms with Crippen molar-refractivity contribution >= 4 is 54.6 Å². The minimum Gasteiger partial charge on any atom is -0.760 e. The number of hydrogen-bond acceptors (Lipinski definition) is 9. The summed E-state index contributed by atoms with van der Waals surface area (Å²) >= 11 is 5.75. The fourth-order valence-corrected chi connectivity index (χ4v) is 5.31. The Kier molecular flexibility index (Phi) is 11.5. The maximum Gasteiger partial charge on any atom is 0.226 e. The number of alkyl halides is 1. The zero-order valence-corrected chi connectivity index (χ0v) is 28.6. The van der Waals surface area contributed by atoms with Crippen molar-refractivity contribution in [1.82, 2.24) is 29.1 Å². The Morgan fingerprint density at radius 2 is 1.10 bits per heavy atom. The van der Waals surface area contributed by atoms with Gasteiger partial charge in [0.05, 0.1) is 52.9 Å². The molecular formula is C36H29Cl2N6O5S-. The van der Waals surface area contributed by atoms with Gasteiger partial charge in [0.25, 0.3) is 0 Å². The largest absolute Gasteiger partial charge is 0.760 e. The molecule has 4 heterocycles. The summed E-state index contributed by atoms with van der Waals surface area (Å²) in [4.78, 5) is 17.4. The second-order valence-electron chi connectivity index (χ2n) is 10.9. The second kappa shape index (κ2) is 16.5. The van der Waals surface area contributed by atoms with E-state index in [-0.39, 0.29) is 6.61 Å². The fraction of sp³-hybridized carbons (Fsp3) is 0.111. The van der Waals surface area contributed by atoms with Gasteiger partial charge in [-0.05, 0) is 70.3 Å². The van der Waals surface area contributed by atoms with Crippen molar-refractivity contribution in [1.29, 1.82) is 0 Å². The smallest absolute Gasteiger partial charge is 0.226 e. The number of para-hydroxylation sites is 4. The van der Waals surface area contributed by atoms with Crippen molar-refractivity contribution in [2.45, 2.75) is 25.6 Å². The van der Waals surface area contributed by atoms with Crippen LogP contribution in [-0.2, 0) is 35.9 Å². The van der Waals surface area contributed by atoms with Crippen molar-refractivity contribution in [3.63, 3.8) is 0 Å². The highest BCUT2D eigenvalue weighted by molar-refractivity contribution is 8.03. The molecule has 8 rings (SSSR count). The molecule has 254 valence electrons. The molecule has 0 bridgehead atoms. The molecule has 0 saturated carbocycles. The second-order valence-corrected chi connectivity index (χ2v) is 12.3. The van der Waals surface area contributed by atoms with Crippen LogP contribution < -0.4 is 0 Å². The number of nitrogens with zero attached hydrogens (tertiary/aromatic N) is 6. The molecule has 0 aliphatic heterocycles. The van der Waals surface area contributed by atoms with Crippen LogP contribution in [-0.4, -0.2) is 42.9 Å². The van der Waals surface area contributed by atoms with E-state index in [0.717, 1.165) is 52.0 Å². The number of imidazole rings is 2. The van der Waals surface area contributed by atoms with Gasteiger partial charge < -0.3 is 27.6 Å². The molecule has 0 aliphatic carbocycles. The number of oxazole rings is 2. The van der Waals surface area contributed by atoms with E-state index < -0.39 is 10.3 Å². The van der Waals surface area contributed by atoms with Gasteiger partial charge in [0.2, 0.25) is 11.8 Å². The van der Waals surface area contributed by atoms with Crippen molar-refractivity contribution in [3.05, 3.63) is 145 Å². The van der Waals surface area contributed by atoms with Gasteiger partial charge in [-0.2, -0.15) is 0 Å². The monoisotopic (exact) mass is 727 g/mol. The Hall–Kier alpha value is -5.11. The topological polar surface area (TPSA) is 148 Å². The number of aliphatic hydroxyl groups excluding tert-OH is 1. The number of aliphatic hydroxyl groups is 1. The van der Waals surface area contributed by atoms with Crippen LogP contribution in [0.15, 0.2) is 131 Å². The zero-order chi connectivity index (χ0) is 34.9. The van der Waals surface area contributed by atoms with E-state index in [9.17, 15) is 0 Å². The van der Waals surface area contributed by atoms with Gasteiger partial charge in [-0.25, -0.2) is 19.9 Å². The molecule has 0 saturated heterocycles. The summed E-state index contributed by atoms with van der Waals surface area (Å²) in [5.41, 5.74) is 9.76. The summed E-state index contributed by atoms with van der Waals surface area (Å²) in [6, 6.07) is 32.4. The Balaban J connectivity index is 0.000000156. The van der Waals surface area contributed by atoms with Crippen molar-refractivity contribution in [2.75, 3.05) is 0 Å². The van der Waals surface area contributed by atoms with Gasteiger partial charge in [-0.3, -0.25) is 4.21 Å². The first-order valence-electron chi connectivity index (χ1n) is 15.2. The summed E-state index contributed by atoms with van der Waals surface area (Å²) in [5, 5.41) is 9.04. The van der Waals surface area contributed by atoms with E-state index in [1.54, 1.807) is 6.26 Å². The fourth-order valence-electron chi connectivity index (χ4n) is 5.18. The Morgan fingerprint density at radius 1 is 0.680 bits per heavy atom. The average Bonchev–Trinajstić information content (AvgIpc) is 3.97. The number of aromatic nitrogens is 6. The lowest BCUT2D eigenvalue weighted by Crippen LogP contribution is -1.97. The molecule has 8 aromatic rings. The molecule has 1 atom stereocenters. The highest BCUT2D eigenvalue weighted by Gasteiger charge is 2.09. The molecule has 0 radical (unpaired) electrons. The minimum absolute atomic E-state index is 0.116. The van der Waals surface area contributed by atoms with Gasteiger partial charge in [0.1, 0.15) is 18.2 Å². The molecule has 1 N–H and O–H groups in total. The first-order chi connectivity index (χ1) is 24.4. The van der Waals surface area contributed by atoms with Crippen molar-refractivity contribution in [3.8, 4) is 22.9 Å². The SMILES string of the molecule is ClCc1coc(-c2ccc(Cn3cnc4ccccc43)cc2)n1.O=S([O-])Cl.OCc1coc(-c2ccc(Cn3cnc4ccccc43)cc2)n1. The lowest BCUT2D eigenvalue weighted by molar-refractivity contribution is 0.276. The van der Waals surface area contributed by atoms with Gasteiger partial charge in [-0.15, -0.1) is 11.6 Å². The molecule has 11 nitrogen and oxygen atoms in total. The van der Waals surface area contributed by atoms with Crippen LogP contribution in [0.5, 0.6) is 0 Å². The molecule has 0 aliphatic rings. The molecular weight excluding hydrogens is 699 g/mol. The lowest BCUT2D eigenvalue weighted by Gasteiger charge is -2.05. The predicted molar refractivity (Wildman–Crippen MR) is 192 cm³/mol. The summed E-state index contributed by atoms with van der Waals surface area (Å²) in [7, 11) is 1.80.